The molecule has 0 heterocycles. The Morgan fingerprint density at radius 2 is 1.84 bits per heavy atom. The Kier molecular flexibility index (Phi) is 5.29. The molecule has 0 saturated heterocycles. The predicted molar refractivity (Wildman–Crippen MR) is 88.9 cm³/mol. The molecular formula is C15H12ClNO7S. The molecule has 0 saturated carbocycles. The van der Waals surface area contributed by atoms with Gasteiger partial charge in [0.05, 0.1) is 12.0 Å². The van der Waals surface area contributed by atoms with Crippen molar-refractivity contribution >= 4 is 33.2 Å². The number of Topliss-reactive ketones (excluding diaryl/α,β-unsaturated/α-hetero) is 1. The van der Waals surface area contributed by atoms with Crippen molar-refractivity contribution in [3.8, 4) is 11.5 Å². The number of hydrogen-bond acceptors (Lipinski definition) is 7. The summed E-state index contributed by atoms with van der Waals surface area (Å²) in [6.07, 6.45) is 0. The molecule has 0 atom stereocenters. The number of carbonyl (C=O) groups excluding carboxylic acids is 1. The van der Waals surface area contributed by atoms with E-state index in [1.807, 2.05) is 0 Å². The van der Waals surface area contributed by atoms with Crippen molar-refractivity contribution in [2.45, 2.75) is 11.8 Å². The summed E-state index contributed by atoms with van der Waals surface area (Å²) < 4.78 is 34.8. The van der Waals surface area contributed by atoms with Crippen LogP contribution in [0.1, 0.15) is 17.3 Å². The molecule has 2 aromatic carbocycles. The number of carbonyl (C=O) groups is 1. The minimum absolute atomic E-state index is 0.00658. The second-order valence-corrected chi connectivity index (χ2v) is 6.78. The van der Waals surface area contributed by atoms with E-state index in [0.29, 0.717) is 5.56 Å². The number of benzene rings is 2. The lowest BCUT2D eigenvalue weighted by Gasteiger charge is -2.11. The van der Waals surface area contributed by atoms with E-state index >= 15 is 0 Å². The smallest absolute Gasteiger partial charge is 0.346 e. The molecule has 2 aromatic rings. The molecule has 0 aliphatic heterocycles. The summed E-state index contributed by atoms with van der Waals surface area (Å²) in [4.78, 5) is 20.9. The van der Waals surface area contributed by atoms with E-state index in [1.165, 1.54) is 38.3 Å². The Morgan fingerprint density at radius 3 is 2.40 bits per heavy atom. The molecule has 10 heteroatoms. The topological polar surface area (TPSA) is 113 Å². The molecule has 2 rings (SSSR count). The van der Waals surface area contributed by atoms with E-state index in [0.717, 1.165) is 12.1 Å². The fourth-order valence-electron chi connectivity index (χ4n) is 1.96. The molecular weight excluding hydrogens is 374 g/mol. The highest BCUT2D eigenvalue weighted by Gasteiger charge is 2.29. The van der Waals surface area contributed by atoms with E-state index in [-0.39, 0.29) is 22.3 Å². The fourth-order valence-corrected chi connectivity index (χ4v) is 3.22. The molecule has 0 amide bonds. The first-order valence-corrected chi connectivity index (χ1v) is 8.51. The van der Waals surface area contributed by atoms with E-state index in [9.17, 15) is 23.3 Å². The minimum atomic E-state index is -4.54. The maximum atomic E-state index is 12.4. The zero-order valence-corrected chi connectivity index (χ0v) is 14.6. The maximum Gasteiger partial charge on any atom is 0.346 e. The first kappa shape index (κ1) is 18.7. The van der Waals surface area contributed by atoms with E-state index < -0.39 is 25.6 Å². The number of rotatable bonds is 6. The van der Waals surface area contributed by atoms with Crippen molar-refractivity contribution in [3.05, 3.63) is 57.1 Å². The highest BCUT2D eigenvalue weighted by atomic mass is 35.5. The number of nitro benzene ring substituents is 1. The van der Waals surface area contributed by atoms with Gasteiger partial charge in [-0.05, 0) is 37.3 Å². The minimum Gasteiger partial charge on any atom is -0.493 e. The van der Waals surface area contributed by atoms with Crippen molar-refractivity contribution in [3.63, 3.8) is 0 Å². The molecule has 0 aliphatic carbocycles. The zero-order valence-electron chi connectivity index (χ0n) is 13.1. The number of halogens is 1. The van der Waals surface area contributed by atoms with Gasteiger partial charge in [0.25, 0.3) is 5.69 Å². The average molecular weight is 386 g/mol. The van der Waals surface area contributed by atoms with E-state index in [1.54, 1.807) is 0 Å². The van der Waals surface area contributed by atoms with Crippen LogP contribution < -0.4 is 8.92 Å². The second kappa shape index (κ2) is 7.08. The Morgan fingerprint density at radius 1 is 1.16 bits per heavy atom. The SMILES string of the molecule is COc1cc(C(C)=O)ccc1OS(=O)(=O)c1ccc(Cl)cc1[N+](=O)[O-]. The van der Waals surface area contributed by atoms with E-state index in [4.69, 9.17) is 20.5 Å². The molecule has 132 valence electrons. The molecule has 0 aromatic heterocycles. The number of nitrogens with zero attached hydrogens (tertiary/aromatic N) is 1. The van der Waals surface area contributed by atoms with Crippen molar-refractivity contribution in [2.24, 2.45) is 0 Å². The lowest BCUT2D eigenvalue weighted by atomic mass is 10.1. The molecule has 25 heavy (non-hydrogen) atoms. The Labute approximate surface area is 148 Å². The first-order valence-electron chi connectivity index (χ1n) is 6.73. The van der Waals surface area contributed by atoms with Crippen LogP contribution in [0, 0.1) is 10.1 Å². The number of methoxy groups -OCH3 is 1. The number of hydrogen-bond donors (Lipinski definition) is 0. The second-order valence-electron chi connectivity index (χ2n) is 4.83. The van der Waals surface area contributed by atoms with Gasteiger partial charge in [-0.2, -0.15) is 8.42 Å². The van der Waals surface area contributed by atoms with Gasteiger partial charge >= 0.3 is 10.1 Å². The Bertz CT molecular complexity index is 956. The molecule has 0 N–H and O–H groups in total. The van der Waals surface area contributed by atoms with Gasteiger partial charge in [0.15, 0.2) is 22.2 Å². The average Bonchev–Trinajstić information content (AvgIpc) is 2.54. The van der Waals surface area contributed by atoms with Gasteiger partial charge in [0.2, 0.25) is 0 Å². The normalized spacial score (nSPS) is 11.0. The standard InChI is InChI=1S/C15H12ClNO7S/c1-9(18)10-3-5-13(14(7-10)23-2)24-25(21,22)15-6-4-11(16)8-12(15)17(19)20/h3-8H,1-2H3. The third-order valence-corrected chi connectivity index (χ3v) is 4.67. The molecule has 8 nitrogen and oxygen atoms in total. The fraction of sp³-hybridized carbons (Fsp3) is 0.133. The molecule has 0 bridgehead atoms. The highest BCUT2D eigenvalue weighted by molar-refractivity contribution is 7.87. The van der Waals surface area contributed by atoms with Gasteiger partial charge < -0.3 is 8.92 Å². The third-order valence-electron chi connectivity index (χ3n) is 3.16. The summed E-state index contributed by atoms with van der Waals surface area (Å²) in [6, 6.07) is 6.98. The molecule has 0 unspecified atom stereocenters. The zero-order chi connectivity index (χ0) is 18.8. The highest BCUT2D eigenvalue weighted by Crippen LogP contribution is 2.34. The molecule has 0 aliphatic rings. The maximum absolute atomic E-state index is 12.4. The summed E-state index contributed by atoms with van der Waals surface area (Å²) in [5, 5.41) is 11.1. The van der Waals surface area contributed by atoms with Crippen LogP contribution in [-0.2, 0) is 10.1 Å². The quantitative estimate of drug-likeness (QED) is 0.324. The van der Waals surface area contributed by atoms with Crippen LogP contribution in [0.2, 0.25) is 5.02 Å². The predicted octanol–water partition coefficient (Wildman–Crippen LogP) is 3.23. The van der Waals surface area contributed by atoms with Gasteiger partial charge in [-0.25, -0.2) is 0 Å². The van der Waals surface area contributed by atoms with Crippen LogP contribution in [0.15, 0.2) is 41.3 Å². The summed E-state index contributed by atoms with van der Waals surface area (Å²) in [5.41, 5.74) is -0.425. The summed E-state index contributed by atoms with van der Waals surface area (Å²) in [6.45, 7) is 1.34. The third kappa shape index (κ3) is 4.06. The largest absolute Gasteiger partial charge is 0.493 e. The molecule has 0 radical (unpaired) electrons. The lowest BCUT2D eigenvalue weighted by Crippen LogP contribution is -2.12. The van der Waals surface area contributed by atoms with Crippen LogP contribution in [0.5, 0.6) is 11.5 Å². The molecule has 0 fully saturated rings. The number of nitro groups is 1. The Hall–Kier alpha value is -2.65. The van der Waals surface area contributed by atoms with Gasteiger partial charge in [-0.3, -0.25) is 14.9 Å². The monoisotopic (exact) mass is 385 g/mol. The van der Waals surface area contributed by atoms with Crippen LogP contribution in [0.3, 0.4) is 0 Å². The van der Waals surface area contributed by atoms with Crippen molar-refractivity contribution in [1.82, 2.24) is 0 Å². The van der Waals surface area contributed by atoms with Crippen molar-refractivity contribution in [1.29, 1.82) is 0 Å². The van der Waals surface area contributed by atoms with Gasteiger partial charge in [-0.15, -0.1) is 0 Å². The van der Waals surface area contributed by atoms with Crippen molar-refractivity contribution in [2.75, 3.05) is 7.11 Å². The Balaban J connectivity index is 2.50. The number of ether oxygens (including phenoxy) is 1. The van der Waals surface area contributed by atoms with Crippen LogP contribution in [-0.4, -0.2) is 26.2 Å². The number of ketones is 1. The van der Waals surface area contributed by atoms with Gasteiger partial charge in [-0.1, -0.05) is 11.6 Å². The molecule has 0 spiro atoms. The van der Waals surface area contributed by atoms with Gasteiger partial charge in [0, 0.05) is 16.7 Å². The van der Waals surface area contributed by atoms with Crippen LogP contribution >= 0.6 is 11.6 Å². The van der Waals surface area contributed by atoms with E-state index in [2.05, 4.69) is 0 Å². The summed E-state index contributed by atoms with van der Waals surface area (Å²) in [7, 11) is -3.27. The first-order chi connectivity index (χ1) is 11.7. The summed E-state index contributed by atoms with van der Waals surface area (Å²) >= 11 is 5.67. The van der Waals surface area contributed by atoms with Crippen molar-refractivity contribution < 1.29 is 27.1 Å². The lowest BCUT2D eigenvalue weighted by molar-refractivity contribution is -0.387. The van der Waals surface area contributed by atoms with Gasteiger partial charge in [0.1, 0.15) is 0 Å². The summed E-state index contributed by atoms with van der Waals surface area (Å²) in [5.74, 6) is -0.467. The van der Waals surface area contributed by atoms with Crippen LogP contribution in [0.4, 0.5) is 5.69 Å². The van der Waals surface area contributed by atoms with Crippen LogP contribution in [0.25, 0.3) is 0 Å².